The zero-order valence-corrected chi connectivity index (χ0v) is 11.6. The quantitative estimate of drug-likeness (QED) is 0.848. The fourth-order valence-corrected chi connectivity index (χ4v) is 1.88. The SMILES string of the molecule is Cc1cnnc(N(CCC(N)=S)c2ccccc2)c1. The van der Waals surface area contributed by atoms with Crippen molar-refractivity contribution in [2.75, 3.05) is 11.4 Å². The van der Waals surface area contributed by atoms with Crippen LogP contribution in [0.4, 0.5) is 11.5 Å². The molecule has 5 heteroatoms. The highest BCUT2D eigenvalue weighted by atomic mass is 32.1. The van der Waals surface area contributed by atoms with Gasteiger partial charge < -0.3 is 10.6 Å². The molecular formula is C14H16N4S. The van der Waals surface area contributed by atoms with Crippen LogP contribution in [0.25, 0.3) is 0 Å². The van der Waals surface area contributed by atoms with E-state index in [1.165, 1.54) is 0 Å². The highest BCUT2D eigenvalue weighted by molar-refractivity contribution is 7.80. The number of hydrogen-bond donors (Lipinski definition) is 1. The smallest absolute Gasteiger partial charge is 0.155 e. The summed E-state index contributed by atoms with van der Waals surface area (Å²) in [6.07, 6.45) is 2.38. The van der Waals surface area contributed by atoms with Gasteiger partial charge in [-0.25, -0.2) is 0 Å². The minimum Gasteiger partial charge on any atom is -0.393 e. The molecule has 0 aliphatic carbocycles. The first-order valence-electron chi connectivity index (χ1n) is 6.07. The molecule has 1 heterocycles. The van der Waals surface area contributed by atoms with Crippen LogP contribution in [0.5, 0.6) is 0 Å². The van der Waals surface area contributed by atoms with Crippen molar-refractivity contribution in [1.29, 1.82) is 0 Å². The molecule has 0 spiro atoms. The number of thiocarbonyl (C=S) groups is 1. The van der Waals surface area contributed by atoms with Gasteiger partial charge >= 0.3 is 0 Å². The molecule has 4 nitrogen and oxygen atoms in total. The molecule has 0 unspecified atom stereocenters. The summed E-state index contributed by atoms with van der Waals surface area (Å²) in [7, 11) is 0. The molecule has 2 N–H and O–H groups in total. The van der Waals surface area contributed by atoms with E-state index in [0.717, 1.165) is 17.1 Å². The first-order chi connectivity index (χ1) is 9.16. The fraction of sp³-hybridized carbons (Fsp3) is 0.214. The van der Waals surface area contributed by atoms with Gasteiger partial charge in [0.15, 0.2) is 5.82 Å². The first-order valence-corrected chi connectivity index (χ1v) is 6.48. The summed E-state index contributed by atoms with van der Waals surface area (Å²) in [5.41, 5.74) is 7.72. The summed E-state index contributed by atoms with van der Waals surface area (Å²) in [4.78, 5) is 2.57. The van der Waals surface area contributed by atoms with Gasteiger partial charge in [-0.1, -0.05) is 30.4 Å². The Balaban J connectivity index is 2.31. The number of benzene rings is 1. The zero-order chi connectivity index (χ0) is 13.7. The van der Waals surface area contributed by atoms with Gasteiger partial charge in [0.05, 0.1) is 11.2 Å². The van der Waals surface area contributed by atoms with Gasteiger partial charge in [0, 0.05) is 18.7 Å². The van der Waals surface area contributed by atoms with Crippen molar-refractivity contribution in [3.8, 4) is 0 Å². The van der Waals surface area contributed by atoms with Gasteiger partial charge in [-0.05, 0) is 30.7 Å². The van der Waals surface area contributed by atoms with Gasteiger partial charge in [0.1, 0.15) is 0 Å². The molecular weight excluding hydrogens is 256 g/mol. The van der Waals surface area contributed by atoms with Crippen LogP contribution in [0.1, 0.15) is 12.0 Å². The van der Waals surface area contributed by atoms with E-state index in [4.69, 9.17) is 18.0 Å². The largest absolute Gasteiger partial charge is 0.393 e. The summed E-state index contributed by atoms with van der Waals surface area (Å²) in [5.74, 6) is 0.808. The Kier molecular flexibility index (Phi) is 4.41. The molecule has 1 aromatic heterocycles. The summed E-state index contributed by atoms with van der Waals surface area (Å²) in [5, 5.41) is 8.19. The van der Waals surface area contributed by atoms with Crippen LogP contribution in [0.15, 0.2) is 42.6 Å². The van der Waals surface area contributed by atoms with Crippen LogP contribution in [0, 0.1) is 6.92 Å². The second kappa shape index (κ2) is 6.24. The minimum atomic E-state index is 0.501. The predicted molar refractivity (Wildman–Crippen MR) is 81.6 cm³/mol. The molecule has 0 radical (unpaired) electrons. The summed E-state index contributed by atoms with van der Waals surface area (Å²) in [6.45, 7) is 2.69. The van der Waals surface area contributed by atoms with Crippen molar-refractivity contribution >= 4 is 28.7 Å². The van der Waals surface area contributed by atoms with Crippen molar-refractivity contribution < 1.29 is 0 Å². The second-order valence-electron chi connectivity index (χ2n) is 4.29. The van der Waals surface area contributed by atoms with Crippen LogP contribution < -0.4 is 10.6 Å². The molecule has 0 aliphatic heterocycles. The topological polar surface area (TPSA) is 55.0 Å². The highest BCUT2D eigenvalue weighted by Gasteiger charge is 2.11. The average molecular weight is 272 g/mol. The molecule has 0 bridgehead atoms. The Labute approximate surface area is 118 Å². The Morgan fingerprint density at radius 1 is 1.32 bits per heavy atom. The fourth-order valence-electron chi connectivity index (χ4n) is 1.79. The molecule has 0 amide bonds. The number of para-hydroxylation sites is 1. The van der Waals surface area contributed by atoms with Crippen molar-refractivity contribution in [3.05, 3.63) is 48.2 Å². The number of hydrogen-bond acceptors (Lipinski definition) is 4. The van der Waals surface area contributed by atoms with Crippen LogP contribution in [-0.4, -0.2) is 21.7 Å². The van der Waals surface area contributed by atoms with Gasteiger partial charge in [-0.15, -0.1) is 5.10 Å². The maximum Gasteiger partial charge on any atom is 0.155 e. The maximum absolute atomic E-state index is 5.60. The van der Waals surface area contributed by atoms with E-state index in [1.807, 2.05) is 43.3 Å². The third kappa shape index (κ3) is 3.72. The van der Waals surface area contributed by atoms with E-state index in [0.29, 0.717) is 18.0 Å². The Bertz CT molecular complexity index is 556. The van der Waals surface area contributed by atoms with E-state index < -0.39 is 0 Å². The van der Waals surface area contributed by atoms with E-state index in [1.54, 1.807) is 6.20 Å². The Morgan fingerprint density at radius 2 is 2.05 bits per heavy atom. The van der Waals surface area contributed by atoms with Crippen molar-refractivity contribution in [3.63, 3.8) is 0 Å². The molecule has 0 saturated carbocycles. The van der Waals surface area contributed by atoms with Gasteiger partial charge in [0.2, 0.25) is 0 Å². The lowest BCUT2D eigenvalue weighted by Gasteiger charge is -2.23. The van der Waals surface area contributed by atoms with E-state index in [2.05, 4.69) is 15.1 Å². The van der Waals surface area contributed by atoms with Crippen molar-refractivity contribution in [1.82, 2.24) is 10.2 Å². The number of aryl methyl sites for hydroxylation is 1. The lowest BCUT2D eigenvalue weighted by atomic mass is 10.2. The van der Waals surface area contributed by atoms with Crippen LogP contribution in [0.2, 0.25) is 0 Å². The number of rotatable bonds is 5. The Morgan fingerprint density at radius 3 is 2.68 bits per heavy atom. The van der Waals surface area contributed by atoms with E-state index >= 15 is 0 Å². The second-order valence-corrected chi connectivity index (χ2v) is 4.82. The Hall–Kier alpha value is -2.01. The normalized spacial score (nSPS) is 10.2. The van der Waals surface area contributed by atoms with E-state index in [-0.39, 0.29) is 0 Å². The van der Waals surface area contributed by atoms with Gasteiger partial charge in [-0.2, -0.15) is 5.10 Å². The monoisotopic (exact) mass is 272 g/mol. The summed E-state index contributed by atoms with van der Waals surface area (Å²) < 4.78 is 0. The molecule has 2 rings (SSSR count). The van der Waals surface area contributed by atoms with Crippen LogP contribution >= 0.6 is 12.2 Å². The number of nitrogens with zero attached hydrogens (tertiary/aromatic N) is 3. The number of aromatic nitrogens is 2. The third-order valence-electron chi connectivity index (χ3n) is 2.70. The minimum absolute atomic E-state index is 0.501. The van der Waals surface area contributed by atoms with Crippen molar-refractivity contribution in [2.45, 2.75) is 13.3 Å². The zero-order valence-electron chi connectivity index (χ0n) is 10.8. The lowest BCUT2D eigenvalue weighted by Crippen LogP contribution is -2.24. The molecule has 2 aromatic rings. The van der Waals surface area contributed by atoms with Gasteiger partial charge in [-0.3, -0.25) is 0 Å². The average Bonchev–Trinajstić information content (AvgIpc) is 2.40. The molecule has 1 aromatic carbocycles. The first kappa shape index (κ1) is 13.4. The van der Waals surface area contributed by atoms with Crippen LogP contribution in [-0.2, 0) is 0 Å². The molecule has 0 saturated heterocycles. The number of anilines is 2. The van der Waals surface area contributed by atoms with Gasteiger partial charge in [0.25, 0.3) is 0 Å². The predicted octanol–water partition coefficient (Wildman–Crippen LogP) is 2.60. The standard InChI is InChI=1S/C14H16N4S/c1-11-9-14(17-16-10-11)18(8-7-13(15)19)12-5-3-2-4-6-12/h2-6,9-10H,7-8H2,1H3,(H2,15,19). The third-order valence-corrected chi connectivity index (χ3v) is 2.91. The summed E-state index contributed by atoms with van der Waals surface area (Å²) >= 11 is 4.95. The molecule has 0 atom stereocenters. The molecule has 19 heavy (non-hydrogen) atoms. The van der Waals surface area contributed by atoms with Crippen LogP contribution in [0.3, 0.4) is 0 Å². The lowest BCUT2D eigenvalue weighted by molar-refractivity contribution is 0.900. The molecule has 0 fully saturated rings. The highest BCUT2D eigenvalue weighted by Crippen LogP contribution is 2.23. The summed E-state index contributed by atoms with van der Waals surface area (Å²) in [6, 6.07) is 12.0. The molecule has 98 valence electrons. The number of nitrogens with two attached hydrogens (primary N) is 1. The molecule has 0 aliphatic rings. The maximum atomic E-state index is 5.60. The van der Waals surface area contributed by atoms with E-state index in [9.17, 15) is 0 Å². The van der Waals surface area contributed by atoms with Crippen molar-refractivity contribution in [2.24, 2.45) is 5.73 Å².